The van der Waals surface area contributed by atoms with Crippen molar-refractivity contribution in [1.82, 2.24) is 4.98 Å². The summed E-state index contributed by atoms with van der Waals surface area (Å²) >= 11 is 0. The van der Waals surface area contributed by atoms with E-state index in [1.807, 2.05) is 0 Å². The van der Waals surface area contributed by atoms with E-state index < -0.39 is 0 Å². The zero-order valence-corrected chi connectivity index (χ0v) is 24.3. The van der Waals surface area contributed by atoms with Crippen LogP contribution in [0.3, 0.4) is 0 Å². The molecular formula is C36H37N2O+. The quantitative estimate of drug-likeness (QED) is 0.216. The Labute approximate surface area is 231 Å². The molecule has 0 aliphatic carbocycles. The van der Waals surface area contributed by atoms with Crippen molar-refractivity contribution in [3.8, 4) is 22.5 Å². The van der Waals surface area contributed by atoms with Crippen molar-refractivity contribution in [3.05, 3.63) is 95.8 Å². The molecule has 0 atom stereocenters. The van der Waals surface area contributed by atoms with E-state index in [0.717, 1.165) is 50.1 Å². The fourth-order valence-corrected chi connectivity index (χ4v) is 5.50. The second-order valence-corrected chi connectivity index (χ2v) is 12.9. The van der Waals surface area contributed by atoms with Crippen molar-refractivity contribution >= 4 is 32.7 Å². The lowest BCUT2D eigenvalue weighted by molar-refractivity contribution is -0.659. The summed E-state index contributed by atoms with van der Waals surface area (Å²) in [5.41, 5.74) is 9.60. The Morgan fingerprint density at radius 1 is 0.718 bits per heavy atom. The molecule has 196 valence electrons. The van der Waals surface area contributed by atoms with Gasteiger partial charge in [-0.25, -0.2) is 4.57 Å². The molecule has 0 aliphatic heterocycles. The largest absolute Gasteiger partial charge is 0.454 e. The van der Waals surface area contributed by atoms with Crippen molar-refractivity contribution in [2.24, 2.45) is 7.05 Å². The first-order valence-electron chi connectivity index (χ1n) is 13.8. The zero-order chi connectivity index (χ0) is 27.7. The number of hydrogen-bond donors (Lipinski definition) is 0. The van der Waals surface area contributed by atoms with Gasteiger partial charge in [-0.3, -0.25) is 4.98 Å². The number of hydrogen-bond acceptors (Lipinski definition) is 2. The van der Waals surface area contributed by atoms with Crippen LogP contribution in [0, 0.1) is 6.92 Å². The number of aromatic nitrogens is 2. The molecule has 3 heterocycles. The van der Waals surface area contributed by atoms with Crippen LogP contribution in [0.2, 0.25) is 0 Å². The van der Waals surface area contributed by atoms with Crippen molar-refractivity contribution < 1.29 is 8.98 Å². The summed E-state index contributed by atoms with van der Waals surface area (Å²) < 4.78 is 9.08. The van der Waals surface area contributed by atoms with Gasteiger partial charge in [0.2, 0.25) is 5.69 Å². The summed E-state index contributed by atoms with van der Waals surface area (Å²) in [5.74, 6) is 0. The standard InChI is InChI=1S/C36H37N2O/c1-22-16-17-27-26-14-11-15-28(29-19-25(35(2,3)4)20-31(37-29)36(5,6)7)33(26)39-34(27)32(22)30-18-23-12-9-10-13-24(23)21-38(30)8/h9-21H,1-8H3/q+1. The van der Waals surface area contributed by atoms with E-state index in [9.17, 15) is 0 Å². The van der Waals surface area contributed by atoms with E-state index in [2.05, 4.69) is 139 Å². The van der Waals surface area contributed by atoms with E-state index >= 15 is 0 Å². The minimum absolute atomic E-state index is 0.00851. The molecule has 0 aliphatic rings. The van der Waals surface area contributed by atoms with Gasteiger partial charge in [-0.1, -0.05) is 84.0 Å². The van der Waals surface area contributed by atoms with E-state index in [4.69, 9.17) is 9.40 Å². The van der Waals surface area contributed by atoms with Gasteiger partial charge in [0.15, 0.2) is 6.20 Å². The maximum Gasteiger partial charge on any atom is 0.216 e. The first kappa shape index (κ1) is 25.3. The molecule has 39 heavy (non-hydrogen) atoms. The van der Waals surface area contributed by atoms with Crippen LogP contribution in [0.5, 0.6) is 0 Å². The van der Waals surface area contributed by atoms with Gasteiger partial charge in [-0.2, -0.15) is 0 Å². The second-order valence-electron chi connectivity index (χ2n) is 12.9. The predicted molar refractivity (Wildman–Crippen MR) is 163 cm³/mol. The fraction of sp³-hybridized carbons (Fsp3) is 0.278. The lowest BCUT2D eigenvalue weighted by atomic mass is 9.82. The van der Waals surface area contributed by atoms with E-state index in [1.54, 1.807) is 0 Å². The number of pyridine rings is 2. The molecule has 3 nitrogen and oxygen atoms in total. The monoisotopic (exact) mass is 513 g/mol. The average Bonchev–Trinajstić information content (AvgIpc) is 3.26. The normalized spacial score (nSPS) is 12.6. The first-order valence-corrected chi connectivity index (χ1v) is 13.8. The molecule has 0 unspecified atom stereocenters. The highest BCUT2D eigenvalue weighted by Crippen LogP contribution is 2.41. The van der Waals surface area contributed by atoms with Crippen molar-refractivity contribution in [1.29, 1.82) is 0 Å². The molecule has 3 aromatic heterocycles. The number of aryl methyl sites for hydroxylation is 2. The third kappa shape index (κ3) is 4.30. The third-order valence-electron chi connectivity index (χ3n) is 7.87. The van der Waals surface area contributed by atoms with Crippen LogP contribution in [0.4, 0.5) is 0 Å². The summed E-state index contributed by atoms with van der Waals surface area (Å²) in [5, 5.41) is 4.69. The van der Waals surface area contributed by atoms with Gasteiger partial charge in [0.25, 0.3) is 0 Å². The molecule has 6 rings (SSSR count). The Hall–Kier alpha value is -3.98. The highest BCUT2D eigenvalue weighted by atomic mass is 16.3. The summed E-state index contributed by atoms with van der Waals surface area (Å²) in [7, 11) is 2.12. The first-order chi connectivity index (χ1) is 18.4. The van der Waals surface area contributed by atoms with Crippen LogP contribution in [-0.4, -0.2) is 4.98 Å². The maximum absolute atomic E-state index is 6.87. The molecule has 3 heteroatoms. The van der Waals surface area contributed by atoms with Crippen molar-refractivity contribution in [3.63, 3.8) is 0 Å². The summed E-state index contributed by atoms with van der Waals surface area (Å²) in [6, 6.07) is 26.2. The SMILES string of the molecule is Cc1ccc2c(oc3c(-c4cc(C(C)(C)C)cc(C(C)(C)C)n4)cccc32)c1-c1cc2ccccc2c[n+]1C. The second kappa shape index (κ2) is 8.77. The Balaban J connectivity index is 1.65. The molecule has 0 saturated heterocycles. The van der Waals surface area contributed by atoms with Crippen LogP contribution in [-0.2, 0) is 17.9 Å². The minimum atomic E-state index is -0.0626. The lowest BCUT2D eigenvalue weighted by Crippen LogP contribution is -2.30. The average molecular weight is 514 g/mol. The topological polar surface area (TPSA) is 29.9 Å². The Morgan fingerprint density at radius 2 is 1.44 bits per heavy atom. The molecule has 0 N–H and O–H groups in total. The number of rotatable bonds is 2. The molecule has 0 saturated carbocycles. The van der Waals surface area contributed by atoms with Crippen LogP contribution in [0.15, 0.2) is 83.4 Å². The number of nitrogens with zero attached hydrogens (tertiary/aromatic N) is 2. The summed E-state index contributed by atoms with van der Waals surface area (Å²) in [6.07, 6.45) is 2.20. The fourth-order valence-electron chi connectivity index (χ4n) is 5.50. The molecule has 3 aromatic carbocycles. The minimum Gasteiger partial charge on any atom is -0.454 e. The van der Waals surface area contributed by atoms with Gasteiger partial charge in [0, 0.05) is 38.9 Å². The van der Waals surface area contributed by atoms with E-state index in [-0.39, 0.29) is 10.8 Å². The molecular weight excluding hydrogens is 476 g/mol. The Kier molecular flexibility index (Phi) is 5.69. The molecule has 0 bridgehead atoms. The van der Waals surface area contributed by atoms with Gasteiger partial charge in [0.05, 0.1) is 11.3 Å². The van der Waals surface area contributed by atoms with Gasteiger partial charge in [0.1, 0.15) is 18.2 Å². The maximum atomic E-state index is 6.87. The van der Waals surface area contributed by atoms with Crippen molar-refractivity contribution in [2.45, 2.75) is 59.3 Å². The van der Waals surface area contributed by atoms with Crippen LogP contribution >= 0.6 is 0 Å². The lowest BCUT2D eigenvalue weighted by Gasteiger charge is -2.25. The Bertz CT molecular complexity index is 1860. The summed E-state index contributed by atoms with van der Waals surface area (Å²) in [4.78, 5) is 5.19. The van der Waals surface area contributed by atoms with Crippen LogP contribution in [0.1, 0.15) is 58.4 Å². The predicted octanol–water partition coefficient (Wildman–Crippen LogP) is 9.20. The van der Waals surface area contributed by atoms with E-state index in [1.165, 1.54) is 21.9 Å². The van der Waals surface area contributed by atoms with Gasteiger partial charge < -0.3 is 4.42 Å². The number of para-hydroxylation sites is 1. The number of benzene rings is 3. The summed E-state index contributed by atoms with van der Waals surface area (Å²) in [6.45, 7) is 15.6. The van der Waals surface area contributed by atoms with Crippen LogP contribution < -0.4 is 4.57 Å². The van der Waals surface area contributed by atoms with Crippen LogP contribution in [0.25, 0.3) is 55.2 Å². The van der Waals surface area contributed by atoms with Crippen molar-refractivity contribution in [2.75, 3.05) is 0 Å². The Morgan fingerprint density at radius 3 is 2.15 bits per heavy atom. The third-order valence-corrected chi connectivity index (χ3v) is 7.87. The molecule has 0 fully saturated rings. The molecule has 0 amide bonds. The number of fused-ring (bicyclic) bond motifs is 4. The highest BCUT2D eigenvalue weighted by Gasteiger charge is 2.25. The number of furan rings is 1. The van der Waals surface area contributed by atoms with Gasteiger partial charge >= 0.3 is 0 Å². The highest BCUT2D eigenvalue weighted by molar-refractivity contribution is 6.13. The van der Waals surface area contributed by atoms with Gasteiger partial charge in [-0.05, 0) is 53.1 Å². The molecule has 0 radical (unpaired) electrons. The van der Waals surface area contributed by atoms with Gasteiger partial charge in [-0.15, -0.1) is 0 Å². The molecule has 0 spiro atoms. The molecule has 6 aromatic rings. The smallest absolute Gasteiger partial charge is 0.216 e. The zero-order valence-electron chi connectivity index (χ0n) is 24.3. The van der Waals surface area contributed by atoms with E-state index in [0.29, 0.717) is 0 Å².